The molecule has 3 atom stereocenters. The fourth-order valence-electron chi connectivity index (χ4n) is 7.78. The monoisotopic (exact) mass is 531 g/mol. The average Bonchev–Trinajstić information content (AvgIpc) is 3.54. The SMILES string of the molecule is CC1(C2=C3C(CC=C2)C2=C(C=CCC2)N3c2ccccc2)C=Cc2c(n(C3=CC=CC(C#N)C3)c3ccccc23)C1. The lowest BCUT2D eigenvalue weighted by Crippen LogP contribution is -2.31. The van der Waals surface area contributed by atoms with Crippen LogP contribution in [0, 0.1) is 28.6 Å². The second-order valence-corrected chi connectivity index (χ2v) is 12.1. The van der Waals surface area contributed by atoms with E-state index >= 15 is 0 Å². The third-order valence-corrected chi connectivity index (χ3v) is 9.66. The van der Waals surface area contributed by atoms with Crippen LogP contribution in [0.5, 0.6) is 0 Å². The normalized spacial score (nSPS) is 26.2. The Balaban J connectivity index is 1.31. The van der Waals surface area contributed by atoms with Crippen LogP contribution in [0.1, 0.15) is 43.9 Å². The van der Waals surface area contributed by atoms with Gasteiger partial charge < -0.3 is 9.47 Å². The molecule has 0 fully saturated rings. The standard InChI is InChI=1S/C38H33N3/c1-38(33-18-10-17-32-30-16-6-8-20-35(30)41(37(32)33)27-12-3-2-4-13-27)22-21-31-29-15-5-7-19-34(29)40(36(31)24-38)28-14-9-11-26(23-28)25-39/h2-5,7-15,18-22,26,32H,6,16-17,23-24H2,1H3. The highest BCUT2D eigenvalue weighted by atomic mass is 15.2. The number of hydrogen-bond donors (Lipinski definition) is 0. The van der Waals surface area contributed by atoms with Crippen LogP contribution in [0.25, 0.3) is 22.7 Å². The molecular weight excluding hydrogens is 498 g/mol. The molecule has 1 aromatic heterocycles. The lowest BCUT2D eigenvalue weighted by Gasteiger charge is -2.38. The number of rotatable bonds is 3. The van der Waals surface area contributed by atoms with E-state index in [1.165, 1.54) is 50.5 Å². The summed E-state index contributed by atoms with van der Waals surface area (Å²) in [6, 6.07) is 22.1. The molecule has 3 nitrogen and oxygen atoms in total. The van der Waals surface area contributed by atoms with Crippen LogP contribution in [0.2, 0.25) is 0 Å². The van der Waals surface area contributed by atoms with Crippen LogP contribution in [-0.4, -0.2) is 4.57 Å². The zero-order valence-electron chi connectivity index (χ0n) is 23.4. The van der Waals surface area contributed by atoms with Gasteiger partial charge in [-0.15, -0.1) is 0 Å². The van der Waals surface area contributed by atoms with Gasteiger partial charge in [0.15, 0.2) is 0 Å². The van der Waals surface area contributed by atoms with E-state index in [0.29, 0.717) is 5.92 Å². The van der Waals surface area contributed by atoms with Gasteiger partial charge >= 0.3 is 0 Å². The molecule has 0 saturated carbocycles. The Morgan fingerprint density at radius 3 is 2.71 bits per heavy atom. The molecule has 0 radical (unpaired) electrons. The Kier molecular flexibility index (Phi) is 5.47. The van der Waals surface area contributed by atoms with Gasteiger partial charge in [-0.05, 0) is 60.8 Å². The third kappa shape index (κ3) is 3.64. The van der Waals surface area contributed by atoms with Crippen molar-refractivity contribution in [1.29, 1.82) is 5.26 Å². The first-order valence-electron chi connectivity index (χ1n) is 14.9. The van der Waals surface area contributed by atoms with E-state index in [4.69, 9.17) is 0 Å². The van der Waals surface area contributed by atoms with Crippen molar-refractivity contribution >= 4 is 28.4 Å². The van der Waals surface area contributed by atoms with E-state index in [-0.39, 0.29) is 11.3 Å². The van der Waals surface area contributed by atoms with Crippen molar-refractivity contribution < 1.29 is 0 Å². The van der Waals surface area contributed by atoms with Crippen LogP contribution in [0.3, 0.4) is 0 Å². The van der Waals surface area contributed by atoms with Crippen molar-refractivity contribution in [2.45, 2.75) is 39.0 Å². The highest BCUT2D eigenvalue weighted by Gasteiger charge is 2.43. The van der Waals surface area contributed by atoms with Crippen LogP contribution in [0.4, 0.5) is 5.69 Å². The number of nitriles is 1. The Labute approximate surface area is 242 Å². The van der Waals surface area contributed by atoms with Crippen molar-refractivity contribution in [2.24, 2.45) is 17.3 Å². The molecule has 0 amide bonds. The minimum absolute atomic E-state index is 0.0901. The number of aromatic nitrogens is 1. The topological polar surface area (TPSA) is 32.0 Å². The Morgan fingerprint density at radius 2 is 1.83 bits per heavy atom. The number of nitrogens with zero attached hydrogens (tertiary/aromatic N) is 3. The maximum Gasteiger partial charge on any atom is 0.0701 e. The molecule has 1 aliphatic heterocycles. The summed E-state index contributed by atoms with van der Waals surface area (Å²) in [4.78, 5) is 2.56. The predicted octanol–water partition coefficient (Wildman–Crippen LogP) is 9.11. The van der Waals surface area contributed by atoms with Crippen LogP contribution in [0.15, 0.2) is 126 Å². The zero-order valence-corrected chi connectivity index (χ0v) is 23.4. The van der Waals surface area contributed by atoms with E-state index in [1.54, 1.807) is 5.57 Å². The summed E-state index contributed by atoms with van der Waals surface area (Å²) >= 11 is 0. The number of benzene rings is 2. The predicted molar refractivity (Wildman–Crippen MR) is 169 cm³/mol. The molecule has 0 spiro atoms. The van der Waals surface area contributed by atoms with Crippen LogP contribution >= 0.6 is 0 Å². The van der Waals surface area contributed by atoms with Gasteiger partial charge in [-0.1, -0.05) is 85.9 Å². The van der Waals surface area contributed by atoms with Crippen molar-refractivity contribution in [3.63, 3.8) is 0 Å². The molecule has 2 heterocycles. The molecule has 41 heavy (non-hydrogen) atoms. The van der Waals surface area contributed by atoms with Crippen molar-refractivity contribution in [2.75, 3.05) is 4.90 Å². The molecule has 4 aliphatic carbocycles. The van der Waals surface area contributed by atoms with Gasteiger partial charge in [0.05, 0.1) is 17.5 Å². The lowest BCUT2D eigenvalue weighted by atomic mass is 9.70. The Bertz CT molecular complexity index is 1850. The molecular formula is C38H33N3. The minimum atomic E-state index is -0.172. The van der Waals surface area contributed by atoms with Gasteiger partial charge in [-0.25, -0.2) is 0 Å². The molecule has 8 rings (SSSR count). The first-order chi connectivity index (χ1) is 20.2. The van der Waals surface area contributed by atoms with E-state index in [1.807, 2.05) is 6.08 Å². The summed E-state index contributed by atoms with van der Waals surface area (Å²) in [7, 11) is 0. The van der Waals surface area contributed by atoms with Crippen molar-refractivity contribution in [1.82, 2.24) is 4.57 Å². The molecule has 3 unspecified atom stereocenters. The van der Waals surface area contributed by atoms with Gasteiger partial charge in [0.25, 0.3) is 0 Å². The highest BCUT2D eigenvalue weighted by molar-refractivity contribution is 5.95. The number of para-hydroxylation sites is 2. The largest absolute Gasteiger partial charge is 0.317 e. The van der Waals surface area contributed by atoms with Gasteiger partial charge in [0.2, 0.25) is 0 Å². The smallest absolute Gasteiger partial charge is 0.0701 e. The third-order valence-electron chi connectivity index (χ3n) is 9.66. The molecule has 0 bridgehead atoms. The lowest BCUT2D eigenvalue weighted by molar-refractivity contribution is 0.490. The van der Waals surface area contributed by atoms with E-state index < -0.39 is 0 Å². The maximum absolute atomic E-state index is 9.73. The van der Waals surface area contributed by atoms with Crippen molar-refractivity contribution in [3.8, 4) is 6.07 Å². The number of anilines is 1. The fourth-order valence-corrected chi connectivity index (χ4v) is 7.78. The highest BCUT2D eigenvalue weighted by Crippen LogP contribution is 2.54. The summed E-state index contributed by atoms with van der Waals surface area (Å²) in [6.45, 7) is 2.42. The molecule has 0 N–H and O–H groups in total. The number of allylic oxidation sites excluding steroid dienone is 11. The summed E-state index contributed by atoms with van der Waals surface area (Å²) in [5.74, 6) is 0.336. The van der Waals surface area contributed by atoms with Crippen LogP contribution < -0.4 is 4.90 Å². The summed E-state index contributed by atoms with van der Waals surface area (Å²) < 4.78 is 2.46. The zero-order chi connectivity index (χ0) is 27.6. The average molecular weight is 532 g/mol. The van der Waals surface area contributed by atoms with Crippen molar-refractivity contribution in [3.05, 3.63) is 137 Å². The molecule has 3 aromatic rings. The molecule has 5 aliphatic rings. The maximum atomic E-state index is 9.73. The number of fused-ring (bicyclic) bond motifs is 5. The van der Waals surface area contributed by atoms with Gasteiger partial charge in [0.1, 0.15) is 0 Å². The number of hydrogen-bond acceptors (Lipinski definition) is 2. The minimum Gasteiger partial charge on any atom is -0.317 e. The summed E-state index contributed by atoms with van der Waals surface area (Å²) in [5.41, 5.74) is 12.0. The van der Waals surface area contributed by atoms with E-state index in [0.717, 1.165) is 32.1 Å². The molecule has 200 valence electrons. The van der Waals surface area contributed by atoms with E-state index in [2.05, 4.69) is 126 Å². The van der Waals surface area contributed by atoms with Gasteiger partial charge in [-0.3, -0.25) is 0 Å². The first kappa shape index (κ1) is 24.3. The molecule has 2 aromatic carbocycles. The van der Waals surface area contributed by atoms with E-state index in [9.17, 15) is 5.26 Å². The van der Waals surface area contributed by atoms with Crippen LogP contribution in [-0.2, 0) is 6.42 Å². The summed E-state index contributed by atoms with van der Waals surface area (Å²) in [6.07, 6.45) is 25.6. The summed E-state index contributed by atoms with van der Waals surface area (Å²) in [5, 5.41) is 11.0. The molecule has 3 heteroatoms. The Morgan fingerprint density at radius 1 is 0.976 bits per heavy atom. The Hall–Kier alpha value is -4.55. The second-order valence-electron chi connectivity index (χ2n) is 12.1. The first-order valence-corrected chi connectivity index (χ1v) is 14.9. The van der Waals surface area contributed by atoms with Gasteiger partial charge in [0, 0.05) is 63.6 Å². The second kappa shape index (κ2) is 9.25. The molecule has 0 saturated heterocycles. The van der Waals surface area contributed by atoms with Gasteiger partial charge in [-0.2, -0.15) is 5.26 Å². The fraction of sp³-hybridized carbons (Fsp3) is 0.237. The quantitative estimate of drug-likeness (QED) is 0.338.